The van der Waals surface area contributed by atoms with Crippen LogP contribution in [0.25, 0.3) is 0 Å². The van der Waals surface area contributed by atoms with Crippen molar-refractivity contribution in [3.8, 4) is 0 Å². The van der Waals surface area contributed by atoms with Crippen molar-refractivity contribution < 1.29 is 9.53 Å². The van der Waals surface area contributed by atoms with Crippen molar-refractivity contribution in [2.24, 2.45) is 0 Å². The van der Waals surface area contributed by atoms with Crippen LogP contribution in [0.3, 0.4) is 0 Å². The van der Waals surface area contributed by atoms with Crippen molar-refractivity contribution in [1.29, 1.82) is 0 Å². The minimum Gasteiger partial charge on any atom is -0.378 e. The lowest BCUT2D eigenvalue weighted by molar-refractivity contribution is 0.0326. The Kier molecular flexibility index (Phi) is 16.9. The Morgan fingerprint density at radius 3 is 2.12 bits per heavy atom. The highest BCUT2D eigenvalue weighted by Gasteiger charge is 2.13. The standard InChI is InChI=1S/C23H42O2S/c1-2-20-26-23(21-24)18-14-9-7-5-3-4-6-8-10-15-19-25-22-16-12-11-13-17-22/h11,22-23H,2-10,12-20H2,1H3. The molecule has 0 heterocycles. The molecule has 1 fully saturated rings. The largest absolute Gasteiger partial charge is 0.378 e. The molecule has 1 unspecified atom stereocenters. The number of ether oxygens (including phenoxy) is 1. The molecule has 1 aliphatic rings. The SMILES string of the molecule is CCCSC([C]=O)CCCCCCCCCCCCOC1CC[CH]CC1. The van der Waals surface area contributed by atoms with E-state index in [1.165, 1.54) is 89.9 Å². The normalized spacial score (nSPS) is 16.7. The fourth-order valence-electron chi connectivity index (χ4n) is 3.60. The molecule has 1 saturated carbocycles. The van der Waals surface area contributed by atoms with E-state index >= 15 is 0 Å². The zero-order valence-corrected chi connectivity index (χ0v) is 18.0. The smallest absolute Gasteiger partial charge is 0.212 e. The number of unbranched alkanes of at least 4 members (excludes halogenated alkanes) is 9. The molecule has 0 aliphatic heterocycles. The van der Waals surface area contributed by atoms with Gasteiger partial charge in [-0.15, -0.1) is 0 Å². The third kappa shape index (κ3) is 14.1. The summed E-state index contributed by atoms with van der Waals surface area (Å²) in [5.41, 5.74) is 0. The Morgan fingerprint density at radius 2 is 1.54 bits per heavy atom. The maximum absolute atomic E-state index is 10.9. The van der Waals surface area contributed by atoms with Gasteiger partial charge >= 0.3 is 0 Å². The van der Waals surface area contributed by atoms with E-state index in [2.05, 4.69) is 19.6 Å². The van der Waals surface area contributed by atoms with Crippen LogP contribution in [0.4, 0.5) is 0 Å². The summed E-state index contributed by atoms with van der Waals surface area (Å²) in [6.45, 7) is 3.14. The van der Waals surface area contributed by atoms with Gasteiger partial charge in [-0.05, 0) is 57.1 Å². The van der Waals surface area contributed by atoms with Crippen LogP contribution in [-0.4, -0.2) is 30.0 Å². The molecule has 1 rings (SSSR count). The summed E-state index contributed by atoms with van der Waals surface area (Å²) in [7, 11) is 0. The molecule has 0 aromatic rings. The highest BCUT2D eigenvalue weighted by atomic mass is 32.2. The van der Waals surface area contributed by atoms with Gasteiger partial charge in [-0.2, -0.15) is 11.8 Å². The summed E-state index contributed by atoms with van der Waals surface area (Å²) in [4.78, 5) is 10.9. The van der Waals surface area contributed by atoms with Gasteiger partial charge < -0.3 is 4.74 Å². The minimum atomic E-state index is 0.121. The van der Waals surface area contributed by atoms with Gasteiger partial charge in [0.05, 0.1) is 11.4 Å². The van der Waals surface area contributed by atoms with Gasteiger partial charge in [0, 0.05) is 6.61 Å². The molecule has 0 bridgehead atoms. The van der Waals surface area contributed by atoms with Crippen LogP contribution < -0.4 is 0 Å². The molecule has 1 atom stereocenters. The first-order valence-electron chi connectivity index (χ1n) is 11.3. The quantitative estimate of drug-likeness (QED) is 0.237. The van der Waals surface area contributed by atoms with E-state index in [-0.39, 0.29) is 5.25 Å². The van der Waals surface area contributed by atoms with E-state index < -0.39 is 0 Å². The Bertz CT molecular complexity index is 303. The molecule has 1 aliphatic carbocycles. The molecule has 2 radical (unpaired) electrons. The van der Waals surface area contributed by atoms with Crippen molar-refractivity contribution in [2.75, 3.05) is 12.4 Å². The van der Waals surface area contributed by atoms with Crippen molar-refractivity contribution in [3.05, 3.63) is 6.42 Å². The van der Waals surface area contributed by atoms with E-state index in [0.717, 1.165) is 25.2 Å². The number of carbonyl (C=O) groups excluding carboxylic acids is 1. The van der Waals surface area contributed by atoms with Crippen LogP contribution in [0.2, 0.25) is 0 Å². The minimum absolute atomic E-state index is 0.121. The highest BCUT2D eigenvalue weighted by molar-refractivity contribution is 8.00. The average molecular weight is 383 g/mol. The monoisotopic (exact) mass is 382 g/mol. The van der Waals surface area contributed by atoms with Crippen molar-refractivity contribution in [3.63, 3.8) is 0 Å². The summed E-state index contributed by atoms with van der Waals surface area (Å²) in [6, 6.07) is 0. The Morgan fingerprint density at radius 1 is 0.962 bits per heavy atom. The molecule has 2 nitrogen and oxygen atoms in total. The van der Waals surface area contributed by atoms with Crippen LogP contribution in [-0.2, 0) is 9.53 Å². The van der Waals surface area contributed by atoms with Crippen molar-refractivity contribution in [2.45, 2.75) is 121 Å². The number of hydrogen-bond donors (Lipinski definition) is 0. The number of thioether (sulfide) groups is 1. The van der Waals surface area contributed by atoms with Gasteiger partial charge in [-0.25, -0.2) is 0 Å². The first-order chi connectivity index (χ1) is 12.9. The fraction of sp³-hybridized carbons (Fsp3) is 0.913. The zero-order valence-electron chi connectivity index (χ0n) is 17.2. The summed E-state index contributed by atoms with van der Waals surface area (Å²) in [5, 5.41) is 0.121. The van der Waals surface area contributed by atoms with Crippen molar-refractivity contribution >= 4 is 18.0 Å². The van der Waals surface area contributed by atoms with Crippen LogP contribution in [0.15, 0.2) is 0 Å². The molecule has 152 valence electrons. The van der Waals surface area contributed by atoms with Gasteiger partial charge in [0.2, 0.25) is 6.29 Å². The van der Waals surface area contributed by atoms with Crippen LogP contribution in [0.5, 0.6) is 0 Å². The third-order valence-corrected chi connectivity index (χ3v) is 6.63. The highest BCUT2D eigenvalue weighted by Crippen LogP contribution is 2.20. The van der Waals surface area contributed by atoms with Gasteiger partial charge in [0.25, 0.3) is 0 Å². The molecule has 0 amide bonds. The summed E-state index contributed by atoms with van der Waals surface area (Å²) < 4.78 is 5.97. The van der Waals surface area contributed by atoms with Gasteiger partial charge in [-0.1, -0.05) is 64.7 Å². The maximum Gasteiger partial charge on any atom is 0.212 e. The Labute approximate surface area is 167 Å². The van der Waals surface area contributed by atoms with E-state index in [4.69, 9.17) is 4.74 Å². The van der Waals surface area contributed by atoms with Crippen molar-refractivity contribution in [1.82, 2.24) is 0 Å². The van der Waals surface area contributed by atoms with E-state index in [1.807, 2.05) is 0 Å². The molecular formula is C23H42O2S. The molecule has 0 aromatic carbocycles. The third-order valence-electron chi connectivity index (χ3n) is 5.25. The summed E-state index contributed by atoms with van der Waals surface area (Å²) in [5.74, 6) is 1.09. The van der Waals surface area contributed by atoms with E-state index in [9.17, 15) is 4.79 Å². The summed E-state index contributed by atoms with van der Waals surface area (Å²) >= 11 is 1.78. The topological polar surface area (TPSA) is 26.3 Å². The maximum atomic E-state index is 10.9. The van der Waals surface area contributed by atoms with Crippen LogP contribution >= 0.6 is 11.8 Å². The van der Waals surface area contributed by atoms with Crippen LogP contribution in [0.1, 0.15) is 110 Å². The molecule has 3 heteroatoms. The van der Waals surface area contributed by atoms with Gasteiger partial charge in [0.15, 0.2) is 0 Å². The Hall–Kier alpha value is -0.0200. The molecule has 0 saturated heterocycles. The van der Waals surface area contributed by atoms with E-state index in [1.54, 1.807) is 11.8 Å². The first kappa shape index (κ1) is 24.0. The lowest BCUT2D eigenvalue weighted by Crippen LogP contribution is -2.17. The second kappa shape index (κ2) is 18.3. The van der Waals surface area contributed by atoms with Gasteiger partial charge in [-0.3, -0.25) is 4.79 Å². The molecule has 0 N–H and O–H groups in total. The van der Waals surface area contributed by atoms with E-state index in [0.29, 0.717) is 6.10 Å². The average Bonchev–Trinajstić information content (AvgIpc) is 2.68. The number of hydrogen-bond acceptors (Lipinski definition) is 3. The molecule has 26 heavy (non-hydrogen) atoms. The van der Waals surface area contributed by atoms with Gasteiger partial charge in [0.1, 0.15) is 0 Å². The number of rotatable bonds is 18. The summed E-state index contributed by atoms with van der Waals surface area (Å²) in [6.07, 6.45) is 25.5. The lowest BCUT2D eigenvalue weighted by atomic mass is 9.98. The predicted molar refractivity (Wildman–Crippen MR) is 116 cm³/mol. The second-order valence-corrected chi connectivity index (χ2v) is 9.05. The fourth-order valence-corrected chi connectivity index (χ4v) is 4.52. The zero-order chi connectivity index (χ0) is 18.7. The lowest BCUT2D eigenvalue weighted by Gasteiger charge is -2.21. The molecule has 0 spiro atoms. The first-order valence-corrected chi connectivity index (χ1v) is 12.3. The Balaban J connectivity index is 1.74. The predicted octanol–water partition coefficient (Wildman–Crippen LogP) is 7.06. The van der Waals surface area contributed by atoms with Crippen LogP contribution in [0, 0.1) is 6.42 Å². The molecule has 0 aromatic heterocycles. The molecular weight excluding hydrogens is 340 g/mol. The second-order valence-electron chi connectivity index (χ2n) is 7.74.